The zero-order valence-electron chi connectivity index (χ0n) is 11.7. The molecule has 1 fully saturated rings. The highest BCUT2D eigenvalue weighted by Gasteiger charge is 2.48. The Kier molecular flexibility index (Phi) is 4.25. The number of fused-ring (bicyclic) bond motifs is 1. The molecule has 0 aliphatic carbocycles. The van der Waals surface area contributed by atoms with Crippen LogP contribution in [0, 0.1) is 0 Å². The Bertz CT molecular complexity index is 827. The van der Waals surface area contributed by atoms with Crippen LogP contribution in [-0.2, 0) is 19.0 Å². The first-order valence-corrected chi connectivity index (χ1v) is 8.69. The Balaban J connectivity index is 1.95. The van der Waals surface area contributed by atoms with E-state index in [4.69, 9.17) is 20.5 Å². The number of aromatic nitrogens is 4. The van der Waals surface area contributed by atoms with Gasteiger partial charge in [-0.1, -0.05) is 11.6 Å². The van der Waals surface area contributed by atoms with Crippen LogP contribution in [0.25, 0.3) is 11.2 Å². The first kappa shape index (κ1) is 16.5. The number of aliphatic hydroxyl groups excluding tert-OH is 2. The summed E-state index contributed by atoms with van der Waals surface area (Å²) in [6, 6.07) is 0. The fourth-order valence-corrected chi connectivity index (χ4v) is 3.23. The third kappa shape index (κ3) is 3.16. The van der Waals surface area contributed by atoms with E-state index in [9.17, 15) is 18.6 Å². The van der Waals surface area contributed by atoms with Gasteiger partial charge in [-0.25, -0.2) is 15.0 Å². The van der Waals surface area contributed by atoms with E-state index in [1.165, 1.54) is 6.33 Å². The van der Waals surface area contributed by atoms with Gasteiger partial charge in [0.2, 0.25) is 0 Å². The zero-order valence-corrected chi connectivity index (χ0v) is 13.3. The van der Waals surface area contributed by atoms with Crippen molar-refractivity contribution in [2.24, 2.45) is 0 Å². The number of ether oxygens (including phenoxy) is 1. The van der Waals surface area contributed by atoms with Crippen molar-refractivity contribution in [3.8, 4) is 0 Å². The second-order valence-electron chi connectivity index (χ2n) is 5.01. The van der Waals surface area contributed by atoms with Gasteiger partial charge in [0, 0.05) is 0 Å². The van der Waals surface area contributed by atoms with Crippen LogP contribution in [0.15, 0.2) is 6.33 Å². The summed E-state index contributed by atoms with van der Waals surface area (Å²) in [6.07, 6.45) is -2.62. The lowest BCUT2D eigenvalue weighted by atomic mass is 10.1. The largest absolute Gasteiger partial charge is 0.394 e. The van der Waals surface area contributed by atoms with Crippen molar-refractivity contribution < 1.29 is 27.6 Å². The van der Waals surface area contributed by atoms with Gasteiger partial charge < -0.3 is 19.9 Å². The van der Waals surface area contributed by atoms with Crippen molar-refractivity contribution in [1.29, 1.82) is 0 Å². The van der Waals surface area contributed by atoms with Gasteiger partial charge in [-0.05, 0) is 0 Å². The summed E-state index contributed by atoms with van der Waals surface area (Å²) in [5.74, 6) is 0.0253. The molecule has 0 spiro atoms. The van der Waals surface area contributed by atoms with Gasteiger partial charge in [-0.15, -0.1) is 0 Å². The highest BCUT2D eigenvalue weighted by molar-refractivity contribution is 7.86. The van der Waals surface area contributed by atoms with Crippen molar-refractivity contribution in [3.63, 3.8) is 0 Å². The number of hydrogen-bond donors (Lipinski definition) is 3. The first-order valence-electron chi connectivity index (χ1n) is 6.49. The minimum atomic E-state index is -3.86. The SMILES string of the molecule is CS(=O)(=O)O[C@@H]1[C@@H](O)[C@H](c2nc(Cl)c3nc[nH]c3n2)O[C@@H]1CO. The summed E-state index contributed by atoms with van der Waals surface area (Å²) >= 11 is 6.00. The molecule has 23 heavy (non-hydrogen) atoms. The van der Waals surface area contributed by atoms with Crippen molar-refractivity contribution in [3.05, 3.63) is 17.3 Å². The molecule has 1 saturated heterocycles. The number of H-pyrrole nitrogens is 1. The first-order chi connectivity index (χ1) is 10.8. The van der Waals surface area contributed by atoms with Gasteiger partial charge in [-0.3, -0.25) is 4.18 Å². The van der Waals surface area contributed by atoms with Crippen molar-refractivity contribution >= 4 is 32.9 Å². The summed E-state index contributed by atoms with van der Waals surface area (Å²) < 4.78 is 32.8. The topological polar surface area (TPSA) is 148 Å². The third-order valence-electron chi connectivity index (χ3n) is 3.31. The second kappa shape index (κ2) is 5.92. The Morgan fingerprint density at radius 3 is 2.87 bits per heavy atom. The Morgan fingerprint density at radius 1 is 1.48 bits per heavy atom. The van der Waals surface area contributed by atoms with Gasteiger partial charge in [0.05, 0.1) is 19.2 Å². The van der Waals surface area contributed by atoms with Gasteiger partial charge in [0.15, 0.2) is 16.6 Å². The van der Waals surface area contributed by atoms with Crippen LogP contribution in [-0.4, -0.2) is 69.7 Å². The maximum Gasteiger partial charge on any atom is 0.264 e. The molecule has 4 atom stereocenters. The molecule has 0 radical (unpaired) electrons. The molecule has 3 rings (SSSR count). The normalized spacial score (nSPS) is 28.5. The maximum absolute atomic E-state index is 11.3. The molecule has 3 heterocycles. The molecular weight excluding hydrogens is 352 g/mol. The summed E-state index contributed by atoms with van der Waals surface area (Å²) in [4.78, 5) is 14.8. The van der Waals surface area contributed by atoms with E-state index in [0.717, 1.165) is 6.26 Å². The molecule has 126 valence electrons. The number of rotatable bonds is 4. The number of nitrogens with zero attached hydrogens (tertiary/aromatic N) is 3. The Hall–Kier alpha value is -1.37. The number of halogens is 1. The number of aliphatic hydroxyl groups is 2. The van der Waals surface area contributed by atoms with Gasteiger partial charge in [0.1, 0.15) is 29.9 Å². The highest BCUT2D eigenvalue weighted by Crippen LogP contribution is 2.35. The molecule has 3 N–H and O–H groups in total. The maximum atomic E-state index is 11.3. The molecule has 0 bridgehead atoms. The van der Waals surface area contributed by atoms with Crippen LogP contribution in [0.2, 0.25) is 5.15 Å². The average Bonchev–Trinajstić information content (AvgIpc) is 3.04. The molecule has 1 aliphatic heterocycles. The molecule has 0 aromatic carbocycles. The molecule has 2 aromatic heterocycles. The summed E-state index contributed by atoms with van der Waals surface area (Å²) in [5, 5.41) is 19.7. The van der Waals surface area contributed by atoms with Crippen LogP contribution < -0.4 is 0 Å². The lowest BCUT2D eigenvalue weighted by Gasteiger charge is -2.17. The number of nitrogens with one attached hydrogen (secondary N) is 1. The molecule has 0 unspecified atom stereocenters. The molecule has 2 aromatic rings. The van der Waals surface area contributed by atoms with E-state index in [2.05, 4.69) is 19.9 Å². The van der Waals surface area contributed by atoms with E-state index >= 15 is 0 Å². The van der Waals surface area contributed by atoms with Gasteiger partial charge >= 0.3 is 0 Å². The Morgan fingerprint density at radius 2 is 2.22 bits per heavy atom. The molecule has 0 saturated carbocycles. The highest BCUT2D eigenvalue weighted by atomic mass is 35.5. The van der Waals surface area contributed by atoms with Crippen molar-refractivity contribution in [2.45, 2.75) is 24.4 Å². The summed E-state index contributed by atoms with van der Waals surface area (Å²) in [7, 11) is -3.86. The molecule has 12 heteroatoms. The molecule has 0 amide bonds. The molecular formula is C11H13ClN4O6S. The lowest BCUT2D eigenvalue weighted by Crippen LogP contribution is -2.37. The van der Waals surface area contributed by atoms with Crippen molar-refractivity contribution in [2.75, 3.05) is 12.9 Å². The predicted molar refractivity (Wildman–Crippen MR) is 77.1 cm³/mol. The average molecular weight is 365 g/mol. The standard InChI is InChI=1S/C11H13ClN4O6S/c1-23(19,20)22-7-4(2-17)21-8(6(7)18)11-15-9(12)5-10(16-11)14-3-13-5/h3-4,6-8,17-18H,2H2,1H3,(H,13,14,15,16)/t4-,6-,7+,8-/m1/s1. The van der Waals surface area contributed by atoms with Crippen molar-refractivity contribution in [1.82, 2.24) is 19.9 Å². The monoisotopic (exact) mass is 364 g/mol. The quantitative estimate of drug-likeness (QED) is 0.465. The number of hydrogen-bond acceptors (Lipinski definition) is 9. The van der Waals surface area contributed by atoms with Crippen LogP contribution in [0.3, 0.4) is 0 Å². The van der Waals surface area contributed by atoms with Crippen LogP contribution >= 0.6 is 11.6 Å². The van der Waals surface area contributed by atoms with E-state index < -0.39 is 41.1 Å². The van der Waals surface area contributed by atoms with Crippen LogP contribution in [0.4, 0.5) is 0 Å². The van der Waals surface area contributed by atoms with E-state index in [1.54, 1.807) is 0 Å². The summed E-state index contributed by atoms with van der Waals surface area (Å²) in [6.45, 7) is -0.548. The third-order valence-corrected chi connectivity index (χ3v) is 4.14. The van der Waals surface area contributed by atoms with E-state index in [-0.39, 0.29) is 11.0 Å². The zero-order chi connectivity index (χ0) is 16.8. The Labute approximate surface area is 135 Å². The summed E-state index contributed by atoms with van der Waals surface area (Å²) in [5.41, 5.74) is 0.689. The second-order valence-corrected chi connectivity index (χ2v) is 6.96. The number of imidazole rings is 1. The fraction of sp³-hybridized carbons (Fsp3) is 0.545. The van der Waals surface area contributed by atoms with Gasteiger partial charge in [0.25, 0.3) is 10.1 Å². The number of aromatic amines is 1. The predicted octanol–water partition coefficient (Wildman–Crippen LogP) is -0.856. The minimum Gasteiger partial charge on any atom is -0.394 e. The van der Waals surface area contributed by atoms with E-state index in [1.807, 2.05) is 0 Å². The minimum absolute atomic E-state index is 0.0253. The smallest absolute Gasteiger partial charge is 0.264 e. The fourth-order valence-electron chi connectivity index (χ4n) is 2.36. The van der Waals surface area contributed by atoms with Crippen LogP contribution in [0.1, 0.15) is 11.9 Å². The molecule has 1 aliphatic rings. The van der Waals surface area contributed by atoms with E-state index in [0.29, 0.717) is 11.2 Å². The molecule has 10 nitrogen and oxygen atoms in total. The van der Waals surface area contributed by atoms with Crippen LogP contribution in [0.5, 0.6) is 0 Å². The lowest BCUT2D eigenvalue weighted by molar-refractivity contribution is -0.0210. The van der Waals surface area contributed by atoms with Gasteiger partial charge in [-0.2, -0.15) is 8.42 Å².